The summed E-state index contributed by atoms with van der Waals surface area (Å²) >= 11 is 3.31. The summed E-state index contributed by atoms with van der Waals surface area (Å²) in [5, 5.41) is 9.32. The predicted molar refractivity (Wildman–Crippen MR) is 73.1 cm³/mol. The molecule has 1 fully saturated rings. The Morgan fingerprint density at radius 1 is 1.60 bits per heavy atom. The number of halogens is 1. The van der Waals surface area contributed by atoms with Crippen LogP contribution in [0, 0.1) is 5.92 Å². The SMILES string of the molecule is CC(C)CN1C(=O)COC(C(=O)O)C1c1occc1Br. The molecule has 2 unspecified atom stereocenters. The highest BCUT2D eigenvalue weighted by molar-refractivity contribution is 9.10. The average Bonchev–Trinajstić information content (AvgIpc) is 2.77. The molecule has 1 aromatic heterocycles. The van der Waals surface area contributed by atoms with Gasteiger partial charge in [-0.2, -0.15) is 0 Å². The zero-order chi connectivity index (χ0) is 14.9. The molecule has 1 N–H and O–H groups in total. The molecule has 1 amide bonds. The lowest BCUT2D eigenvalue weighted by Gasteiger charge is -2.39. The van der Waals surface area contributed by atoms with E-state index in [4.69, 9.17) is 9.15 Å². The number of hydrogen-bond donors (Lipinski definition) is 1. The summed E-state index contributed by atoms with van der Waals surface area (Å²) in [5.41, 5.74) is 0. The van der Waals surface area contributed by atoms with Gasteiger partial charge in [0.15, 0.2) is 6.10 Å². The van der Waals surface area contributed by atoms with Gasteiger partial charge in [0.25, 0.3) is 0 Å². The van der Waals surface area contributed by atoms with Gasteiger partial charge in [0.05, 0.1) is 10.7 Å². The van der Waals surface area contributed by atoms with Crippen molar-refractivity contribution in [3.05, 3.63) is 22.6 Å². The first-order valence-electron chi connectivity index (χ1n) is 6.28. The summed E-state index contributed by atoms with van der Waals surface area (Å²) in [6, 6.07) is 0.904. The Labute approximate surface area is 124 Å². The molecule has 1 aliphatic heterocycles. The maximum atomic E-state index is 12.1. The highest BCUT2D eigenvalue weighted by Crippen LogP contribution is 2.35. The maximum Gasteiger partial charge on any atom is 0.335 e. The van der Waals surface area contributed by atoms with Crippen LogP contribution in [0.5, 0.6) is 0 Å². The van der Waals surface area contributed by atoms with Gasteiger partial charge < -0.3 is 19.2 Å². The number of aliphatic carboxylic acids is 1. The first-order chi connectivity index (χ1) is 9.41. The minimum Gasteiger partial charge on any atom is -0.479 e. The molecule has 0 radical (unpaired) electrons. The van der Waals surface area contributed by atoms with Crippen molar-refractivity contribution in [3.63, 3.8) is 0 Å². The topological polar surface area (TPSA) is 80.0 Å². The average molecular weight is 346 g/mol. The largest absolute Gasteiger partial charge is 0.479 e. The molecule has 0 spiro atoms. The minimum absolute atomic E-state index is 0.211. The number of carboxylic acid groups (broad SMARTS) is 1. The van der Waals surface area contributed by atoms with Crippen LogP contribution in [0.2, 0.25) is 0 Å². The second-order valence-electron chi connectivity index (χ2n) is 5.09. The van der Waals surface area contributed by atoms with Gasteiger partial charge in [-0.3, -0.25) is 4.79 Å². The summed E-state index contributed by atoms with van der Waals surface area (Å²) < 4.78 is 11.2. The van der Waals surface area contributed by atoms with Crippen LogP contribution in [0.1, 0.15) is 25.6 Å². The summed E-state index contributed by atoms with van der Waals surface area (Å²) in [6.07, 6.45) is 0.319. The van der Waals surface area contributed by atoms with Crippen molar-refractivity contribution in [2.75, 3.05) is 13.2 Å². The number of amides is 1. The zero-order valence-corrected chi connectivity index (χ0v) is 12.8. The normalized spacial score (nSPS) is 23.4. The third-order valence-corrected chi connectivity index (χ3v) is 3.70. The van der Waals surface area contributed by atoms with Gasteiger partial charge in [0.2, 0.25) is 5.91 Å². The van der Waals surface area contributed by atoms with Crippen LogP contribution >= 0.6 is 15.9 Å². The standard InChI is InChI=1S/C13H16BrNO5/c1-7(2)5-15-9(16)6-20-12(13(17)18)10(15)11-8(14)3-4-19-11/h3-4,7,10,12H,5-6H2,1-2H3,(H,17,18). The number of carbonyl (C=O) groups is 2. The Morgan fingerprint density at radius 2 is 2.30 bits per heavy atom. The molecule has 2 heterocycles. The first-order valence-corrected chi connectivity index (χ1v) is 7.08. The van der Waals surface area contributed by atoms with Crippen LogP contribution in [0.25, 0.3) is 0 Å². The van der Waals surface area contributed by atoms with Gasteiger partial charge >= 0.3 is 5.97 Å². The smallest absolute Gasteiger partial charge is 0.335 e. The summed E-state index contributed by atoms with van der Waals surface area (Å²) in [5.74, 6) is -0.738. The molecule has 2 rings (SSSR count). The van der Waals surface area contributed by atoms with E-state index in [1.165, 1.54) is 11.2 Å². The summed E-state index contributed by atoms with van der Waals surface area (Å²) in [6.45, 7) is 4.15. The van der Waals surface area contributed by atoms with Crippen molar-refractivity contribution in [2.45, 2.75) is 26.0 Å². The quantitative estimate of drug-likeness (QED) is 0.903. The molecule has 1 aliphatic rings. The Bertz CT molecular complexity index is 513. The number of morpholine rings is 1. The fourth-order valence-electron chi connectivity index (χ4n) is 2.26. The van der Waals surface area contributed by atoms with E-state index in [9.17, 15) is 14.7 Å². The highest BCUT2D eigenvalue weighted by atomic mass is 79.9. The summed E-state index contributed by atoms with van der Waals surface area (Å²) in [4.78, 5) is 25.0. The van der Waals surface area contributed by atoms with Gasteiger partial charge in [-0.05, 0) is 27.9 Å². The number of nitrogens with zero attached hydrogens (tertiary/aromatic N) is 1. The molecule has 1 aromatic rings. The van der Waals surface area contributed by atoms with Crippen molar-refractivity contribution in [3.8, 4) is 0 Å². The third-order valence-electron chi connectivity index (χ3n) is 3.05. The van der Waals surface area contributed by atoms with Gasteiger partial charge in [-0.25, -0.2) is 4.79 Å². The summed E-state index contributed by atoms with van der Waals surface area (Å²) in [7, 11) is 0. The Kier molecular flexibility index (Phi) is 4.49. The number of hydrogen-bond acceptors (Lipinski definition) is 4. The molecular weight excluding hydrogens is 330 g/mol. The van der Waals surface area contributed by atoms with Gasteiger partial charge in [0.1, 0.15) is 18.4 Å². The van der Waals surface area contributed by atoms with E-state index in [1.54, 1.807) is 6.07 Å². The van der Waals surface area contributed by atoms with Gasteiger partial charge in [-0.1, -0.05) is 13.8 Å². The number of carbonyl (C=O) groups excluding carboxylic acids is 1. The van der Waals surface area contributed by atoms with Gasteiger partial charge in [0, 0.05) is 6.54 Å². The maximum absolute atomic E-state index is 12.1. The molecular formula is C13H16BrNO5. The van der Waals surface area contributed by atoms with E-state index in [-0.39, 0.29) is 18.4 Å². The van der Waals surface area contributed by atoms with E-state index in [0.29, 0.717) is 16.8 Å². The van der Waals surface area contributed by atoms with E-state index in [2.05, 4.69) is 15.9 Å². The van der Waals surface area contributed by atoms with Crippen molar-refractivity contribution < 1.29 is 23.8 Å². The van der Waals surface area contributed by atoms with Crippen LogP contribution < -0.4 is 0 Å². The Balaban J connectivity index is 2.41. The Hall–Kier alpha value is -1.34. The third kappa shape index (κ3) is 2.88. The number of furan rings is 1. The predicted octanol–water partition coefficient (Wildman–Crippen LogP) is 2.05. The van der Waals surface area contributed by atoms with Crippen molar-refractivity contribution in [2.24, 2.45) is 5.92 Å². The molecule has 7 heteroatoms. The van der Waals surface area contributed by atoms with Crippen LogP contribution in [0.3, 0.4) is 0 Å². The van der Waals surface area contributed by atoms with E-state index in [1.807, 2.05) is 13.8 Å². The second-order valence-corrected chi connectivity index (χ2v) is 5.94. The molecule has 0 saturated carbocycles. The van der Waals surface area contributed by atoms with E-state index in [0.717, 1.165) is 0 Å². The van der Waals surface area contributed by atoms with Crippen molar-refractivity contribution in [1.82, 2.24) is 4.90 Å². The number of rotatable bonds is 4. The van der Waals surface area contributed by atoms with Crippen molar-refractivity contribution >= 4 is 27.8 Å². The lowest BCUT2D eigenvalue weighted by Crippen LogP contribution is -2.52. The van der Waals surface area contributed by atoms with Crippen LogP contribution in [0.15, 0.2) is 21.2 Å². The molecule has 1 saturated heterocycles. The highest BCUT2D eigenvalue weighted by Gasteiger charge is 2.44. The fourth-order valence-corrected chi connectivity index (χ4v) is 2.70. The molecule has 0 aliphatic carbocycles. The first kappa shape index (κ1) is 15.1. The molecule has 0 bridgehead atoms. The lowest BCUT2D eigenvalue weighted by atomic mass is 10.0. The van der Waals surface area contributed by atoms with Crippen LogP contribution in [-0.4, -0.2) is 41.1 Å². The van der Waals surface area contributed by atoms with Crippen LogP contribution in [-0.2, 0) is 14.3 Å². The van der Waals surface area contributed by atoms with Gasteiger partial charge in [-0.15, -0.1) is 0 Å². The minimum atomic E-state index is -1.13. The second kappa shape index (κ2) is 5.97. The number of ether oxygens (including phenoxy) is 1. The van der Waals surface area contributed by atoms with E-state index >= 15 is 0 Å². The zero-order valence-electron chi connectivity index (χ0n) is 11.2. The molecule has 6 nitrogen and oxygen atoms in total. The fraction of sp³-hybridized carbons (Fsp3) is 0.538. The number of carboxylic acids is 1. The molecule has 20 heavy (non-hydrogen) atoms. The molecule has 0 aromatic carbocycles. The lowest BCUT2D eigenvalue weighted by molar-refractivity contribution is -0.175. The Morgan fingerprint density at radius 3 is 2.80 bits per heavy atom. The monoisotopic (exact) mass is 345 g/mol. The molecule has 2 atom stereocenters. The van der Waals surface area contributed by atoms with E-state index < -0.39 is 18.1 Å². The van der Waals surface area contributed by atoms with Crippen molar-refractivity contribution in [1.29, 1.82) is 0 Å². The molecule has 110 valence electrons. The van der Waals surface area contributed by atoms with Crippen LogP contribution in [0.4, 0.5) is 0 Å².